The van der Waals surface area contributed by atoms with Crippen molar-refractivity contribution in [2.75, 3.05) is 5.32 Å². The molecule has 0 amide bonds. The zero-order valence-corrected chi connectivity index (χ0v) is 8.94. The molecule has 2 aromatic rings. The molecule has 72 valence electrons. The molecule has 0 radical (unpaired) electrons. The summed E-state index contributed by atoms with van der Waals surface area (Å²) in [4.78, 5) is 8.54. The smallest absolute Gasteiger partial charge is 0.203 e. The molecule has 0 aliphatic heterocycles. The third-order valence-corrected chi connectivity index (χ3v) is 3.23. The lowest BCUT2D eigenvalue weighted by molar-refractivity contribution is 1.13. The second-order valence-corrected chi connectivity index (χ2v) is 4.69. The van der Waals surface area contributed by atoms with Gasteiger partial charge in [-0.3, -0.25) is 0 Å². The van der Waals surface area contributed by atoms with Crippen LogP contribution in [0.15, 0.2) is 10.9 Å². The predicted octanol–water partition coefficient (Wildman–Crippen LogP) is 2.24. The van der Waals surface area contributed by atoms with E-state index in [1.165, 1.54) is 24.4 Å². The maximum Gasteiger partial charge on any atom is 0.203 e. The molecular formula is C8H8N4S2. The number of aromatic nitrogens is 3. The SMILES string of the molecule is c1nc(-c2nsc(NC3CC3)n2)cs1. The van der Waals surface area contributed by atoms with Gasteiger partial charge >= 0.3 is 0 Å². The van der Waals surface area contributed by atoms with Gasteiger partial charge in [0.1, 0.15) is 5.69 Å². The lowest BCUT2D eigenvalue weighted by atomic mass is 10.5. The normalized spacial score (nSPS) is 15.7. The van der Waals surface area contributed by atoms with Crippen molar-refractivity contribution in [3.8, 4) is 11.5 Å². The summed E-state index contributed by atoms with van der Waals surface area (Å²) in [5, 5.41) is 6.19. The van der Waals surface area contributed by atoms with Gasteiger partial charge in [-0.2, -0.15) is 9.36 Å². The molecule has 2 aromatic heterocycles. The Labute approximate surface area is 89.2 Å². The van der Waals surface area contributed by atoms with E-state index in [0.717, 1.165) is 16.6 Å². The minimum Gasteiger partial charge on any atom is -0.358 e. The van der Waals surface area contributed by atoms with Gasteiger partial charge in [0, 0.05) is 23.0 Å². The molecule has 0 atom stereocenters. The van der Waals surface area contributed by atoms with Gasteiger partial charge in [-0.1, -0.05) is 0 Å². The third kappa shape index (κ3) is 1.62. The Morgan fingerprint density at radius 3 is 3.07 bits per heavy atom. The maximum absolute atomic E-state index is 4.37. The maximum atomic E-state index is 4.37. The molecule has 4 nitrogen and oxygen atoms in total. The fourth-order valence-electron chi connectivity index (χ4n) is 1.11. The lowest BCUT2D eigenvalue weighted by Crippen LogP contribution is -1.99. The average molecular weight is 224 g/mol. The quantitative estimate of drug-likeness (QED) is 0.868. The fraction of sp³-hybridized carbons (Fsp3) is 0.375. The van der Waals surface area contributed by atoms with Crippen molar-refractivity contribution < 1.29 is 0 Å². The number of nitrogens with one attached hydrogen (secondary N) is 1. The summed E-state index contributed by atoms with van der Waals surface area (Å²) in [6, 6.07) is 0.631. The van der Waals surface area contributed by atoms with Crippen molar-refractivity contribution in [1.82, 2.24) is 14.3 Å². The highest BCUT2D eigenvalue weighted by atomic mass is 32.1. The van der Waals surface area contributed by atoms with E-state index in [0.29, 0.717) is 6.04 Å². The standard InChI is InChI=1S/C8H8N4S2/c1-2-5(1)10-8-11-7(12-14-8)6-3-13-4-9-6/h3-5H,1-2H2,(H,10,11,12). The second kappa shape index (κ2) is 3.29. The molecule has 3 rings (SSSR count). The monoisotopic (exact) mass is 224 g/mol. The Kier molecular flexibility index (Phi) is 1.95. The first-order valence-corrected chi connectivity index (χ1v) is 6.12. The first kappa shape index (κ1) is 8.31. The van der Waals surface area contributed by atoms with Gasteiger partial charge in [0.05, 0.1) is 5.51 Å². The van der Waals surface area contributed by atoms with E-state index in [4.69, 9.17) is 0 Å². The predicted molar refractivity (Wildman–Crippen MR) is 57.7 cm³/mol. The Morgan fingerprint density at radius 1 is 1.43 bits per heavy atom. The summed E-state index contributed by atoms with van der Waals surface area (Å²) in [5.74, 6) is 0.736. The topological polar surface area (TPSA) is 50.7 Å². The van der Waals surface area contributed by atoms with E-state index >= 15 is 0 Å². The molecule has 6 heteroatoms. The molecule has 1 fully saturated rings. The van der Waals surface area contributed by atoms with Crippen molar-refractivity contribution >= 4 is 28.0 Å². The number of hydrogen-bond donors (Lipinski definition) is 1. The Hall–Kier alpha value is -1.01. The molecule has 0 aromatic carbocycles. The molecule has 1 aliphatic carbocycles. The number of anilines is 1. The molecule has 1 saturated carbocycles. The van der Waals surface area contributed by atoms with Gasteiger partial charge in [-0.05, 0) is 12.8 Å². The minimum atomic E-state index is 0.631. The van der Waals surface area contributed by atoms with Crippen molar-refractivity contribution in [3.05, 3.63) is 10.9 Å². The van der Waals surface area contributed by atoms with E-state index in [9.17, 15) is 0 Å². The number of nitrogens with zero attached hydrogens (tertiary/aromatic N) is 3. The van der Waals surface area contributed by atoms with Crippen molar-refractivity contribution in [2.24, 2.45) is 0 Å². The number of hydrogen-bond acceptors (Lipinski definition) is 6. The molecular weight excluding hydrogens is 216 g/mol. The minimum absolute atomic E-state index is 0.631. The average Bonchev–Trinajstić information content (AvgIpc) is 2.71. The lowest BCUT2D eigenvalue weighted by Gasteiger charge is -1.94. The second-order valence-electron chi connectivity index (χ2n) is 3.22. The van der Waals surface area contributed by atoms with Crippen LogP contribution in [-0.2, 0) is 0 Å². The Morgan fingerprint density at radius 2 is 2.36 bits per heavy atom. The van der Waals surface area contributed by atoms with Crippen LogP contribution in [0.4, 0.5) is 5.13 Å². The van der Waals surface area contributed by atoms with Crippen LogP contribution < -0.4 is 5.32 Å². The van der Waals surface area contributed by atoms with E-state index in [2.05, 4.69) is 19.7 Å². The van der Waals surface area contributed by atoms with Gasteiger partial charge in [-0.25, -0.2) is 4.98 Å². The summed E-state index contributed by atoms with van der Waals surface area (Å²) in [7, 11) is 0. The first-order chi connectivity index (χ1) is 6.92. The molecule has 1 N–H and O–H groups in total. The van der Waals surface area contributed by atoms with Crippen LogP contribution in [0, 0.1) is 0 Å². The number of rotatable bonds is 3. The molecule has 0 spiro atoms. The summed E-state index contributed by atoms with van der Waals surface area (Å²) in [6.07, 6.45) is 2.51. The van der Waals surface area contributed by atoms with Crippen LogP contribution in [0.1, 0.15) is 12.8 Å². The van der Waals surface area contributed by atoms with Crippen LogP contribution >= 0.6 is 22.9 Å². The highest BCUT2D eigenvalue weighted by Gasteiger charge is 2.22. The van der Waals surface area contributed by atoms with Gasteiger partial charge in [0.2, 0.25) is 5.13 Å². The molecule has 0 saturated heterocycles. The van der Waals surface area contributed by atoms with Gasteiger partial charge in [0.25, 0.3) is 0 Å². The third-order valence-electron chi connectivity index (χ3n) is 1.99. The van der Waals surface area contributed by atoms with E-state index in [1.807, 2.05) is 5.38 Å². The van der Waals surface area contributed by atoms with E-state index in [1.54, 1.807) is 16.8 Å². The molecule has 0 unspecified atom stereocenters. The molecule has 2 heterocycles. The summed E-state index contributed by atoms with van der Waals surface area (Å²) < 4.78 is 4.25. The fourth-order valence-corrected chi connectivity index (χ4v) is 2.30. The van der Waals surface area contributed by atoms with E-state index < -0.39 is 0 Å². The zero-order valence-electron chi connectivity index (χ0n) is 7.30. The van der Waals surface area contributed by atoms with Crippen LogP contribution in [0.2, 0.25) is 0 Å². The summed E-state index contributed by atoms with van der Waals surface area (Å²) in [6.45, 7) is 0. The van der Waals surface area contributed by atoms with Crippen LogP contribution in [0.25, 0.3) is 11.5 Å². The van der Waals surface area contributed by atoms with Gasteiger partial charge < -0.3 is 5.32 Å². The van der Waals surface area contributed by atoms with Gasteiger partial charge in [-0.15, -0.1) is 11.3 Å². The van der Waals surface area contributed by atoms with Crippen LogP contribution in [0.3, 0.4) is 0 Å². The van der Waals surface area contributed by atoms with Crippen LogP contribution in [0.5, 0.6) is 0 Å². The largest absolute Gasteiger partial charge is 0.358 e. The molecule has 0 bridgehead atoms. The van der Waals surface area contributed by atoms with Crippen molar-refractivity contribution in [2.45, 2.75) is 18.9 Å². The highest BCUT2D eigenvalue weighted by molar-refractivity contribution is 7.10. The molecule has 1 aliphatic rings. The highest BCUT2D eigenvalue weighted by Crippen LogP contribution is 2.27. The first-order valence-electron chi connectivity index (χ1n) is 4.40. The Bertz CT molecular complexity index is 418. The summed E-state index contributed by atoms with van der Waals surface area (Å²) in [5.41, 5.74) is 2.67. The van der Waals surface area contributed by atoms with E-state index in [-0.39, 0.29) is 0 Å². The summed E-state index contributed by atoms with van der Waals surface area (Å²) >= 11 is 2.97. The number of thiazole rings is 1. The zero-order chi connectivity index (χ0) is 9.38. The van der Waals surface area contributed by atoms with Crippen LogP contribution in [-0.4, -0.2) is 20.4 Å². The Balaban J connectivity index is 1.82. The van der Waals surface area contributed by atoms with Gasteiger partial charge in [0.15, 0.2) is 5.82 Å². The molecule has 14 heavy (non-hydrogen) atoms. The van der Waals surface area contributed by atoms with Crippen molar-refractivity contribution in [1.29, 1.82) is 0 Å². The van der Waals surface area contributed by atoms with Crippen molar-refractivity contribution in [3.63, 3.8) is 0 Å².